The minimum absolute atomic E-state index is 0.334. The van der Waals surface area contributed by atoms with Gasteiger partial charge in [0.1, 0.15) is 17.7 Å². The molecule has 90 valence electrons. The second-order valence-electron chi connectivity index (χ2n) is 4.13. The standard InChI is InChI=1S/C10H16N2O4/c1-7(8(13)15-6-5-11)12-9(14)16-10(2,3)4/h7H,6H2,1-4H3,(H,12,14). The second-order valence-corrected chi connectivity index (χ2v) is 4.13. The van der Waals surface area contributed by atoms with Crippen molar-refractivity contribution in [1.82, 2.24) is 5.32 Å². The van der Waals surface area contributed by atoms with Crippen LogP contribution in [0.1, 0.15) is 27.7 Å². The fourth-order valence-electron chi connectivity index (χ4n) is 0.772. The van der Waals surface area contributed by atoms with Crippen LogP contribution in [0, 0.1) is 11.3 Å². The molecule has 0 aromatic carbocycles. The molecule has 0 aliphatic rings. The van der Waals surface area contributed by atoms with Gasteiger partial charge in [0.05, 0.1) is 0 Å². The fraction of sp³-hybridized carbons (Fsp3) is 0.700. The molecule has 0 aromatic heterocycles. The van der Waals surface area contributed by atoms with Crippen LogP contribution in [0.5, 0.6) is 0 Å². The Morgan fingerprint density at radius 2 is 2.00 bits per heavy atom. The van der Waals surface area contributed by atoms with Gasteiger partial charge in [-0.15, -0.1) is 0 Å². The van der Waals surface area contributed by atoms with E-state index in [4.69, 9.17) is 10.00 Å². The highest BCUT2D eigenvalue weighted by molar-refractivity contribution is 5.81. The van der Waals surface area contributed by atoms with Crippen molar-refractivity contribution in [1.29, 1.82) is 5.26 Å². The van der Waals surface area contributed by atoms with Crippen molar-refractivity contribution in [3.8, 4) is 6.07 Å². The van der Waals surface area contributed by atoms with Crippen LogP contribution >= 0.6 is 0 Å². The predicted octanol–water partition coefficient (Wildman–Crippen LogP) is 0.966. The van der Waals surface area contributed by atoms with Crippen molar-refractivity contribution >= 4 is 12.1 Å². The Hall–Kier alpha value is -1.77. The molecule has 6 nitrogen and oxygen atoms in total. The SMILES string of the molecule is CC(NC(=O)OC(C)(C)C)C(=O)OCC#N. The lowest BCUT2D eigenvalue weighted by Crippen LogP contribution is -2.42. The molecule has 0 aromatic rings. The van der Waals surface area contributed by atoms with Crippen molar-refractivity contribution < 1.29 is 19.1 Å². The van der Waals surface area contributed by atoms with Gasteiger partial charge in [-0.25, -0.2) is 9.59 Å². The summed E-state index contributed by atoms with van der Waals surface area (Å²) in [7, 11) is 0. The van der Waals surface area contributed by atoms with Crippen molar-refractivity contribution in [2.45, 2.75) is 39.3 Å². The first-order chi connectivity index (χ1) is 7.26. The number of esters is 1. The quantitative estimate of drug-likeness (QED) is 0.727. The molecule has 0 rings (SSSR count). The molecule has 1 atom stereocenters. The molecule has 0 aliphatic heterocycles. The van der Waals surface area contributed by atoms with E-state index in [1.165, 1.54) is 6.92 Å². The largest absolute Gasteiger partial charge is 0.449 e. The molecule has 0 spiro atoms. The van der Waals surface area contributed by atoms with Crippen LogP contribution in [0.15, 0.2) is 0 Å². The van der Waals surface area contributed by atoms with Crippen LogP contribution in [-0.2, 0) is 14.3 Å². The van der Waals surface area contributed by atoms with E-state index in [0.717, 1.165) is 0 Å². The van der Waals surface area contributed by atoms with Gasteiger partial charge >= 0.3 is 12.1 Å². The van der Waals surface area contributed by atoms with Gasteiger partial charge in [0.15, 0.2) is 6.61 Å². The Balaban J connectivity index is 4.05. The highest BCUT2D eigenvalue weighted by Crippen LogP contribution is 2.06. The van der Waals surface area contributed by atoms with Crippen molar-refractivity contribution in [2.24, 2.45) is 0 Å². The van der Waals surface area contributed by atoms with E-state index >= 15 is 0 Å². The van der Waals surface area contributed by atoms with Crippen LogP contribution in [0.3, 0.4) is 0 Å². The topological polar surface area (TPSA) is 88.4 Å². The maximum atomic E-state index is 11.2. The summed E-state index contributed by atoms with van der Waals surface area (Å²) in [6.45, 7) is 6.25. The summed E-state index contributed by atoms with van der Waals surface area (Å²) in [5.74, 6) is -0.674. The first-order valence-corrected chi connectivity index (χ1v) is 4.79. The summed E-state index contributed by atoms with van der Waals surface area (Å²) in [6, 6.07) is 0.814. The van der Waals surface area contributed by atoms with E-state index in [9.17, 15) is 9.59 Å². The van der Waals surface area contributed by atoms with E-state index in [-0.39, 0.29) is 6.61 Å². The minimum Gasteiger partial charge on any atom is -0.449 e. The van der Waals surface area contributed by atoms with Crippen LogP contribution in [0.25, 0.3) is 0 Å². The zero-order valence-corrected chi connectivity index (χ0v) is 9.86. The summed E-state index contributed by atoms with van der Waals surface area (Å²) in [5.41, 5.74) is -0.625. The number of nitriles is 1. The third-order valence-electron chi connectivity index (χ3n) is 1.37. The van der Waals surface area contributed by atoms with E-state index in [2.05, 4.69) is 10.1 Å². The summed E-state index contributed by atoms with van der Waals surface area (Å²) in [6.07, 6.45) is -0.700. The Labute approximate surface area is 94.5 Å². The van der Waals surface area contributed by atoms with Gasteiger partial charge in [-0.3, -0.25) is 0 Å². The Morgan fingerprint density at radius 3 is 2.44 bits per heavy atom. The summed E-state index contributed by atoms with van der Waals surface area (Å²) < 4.78 is 9.45. The maximum absolute atomic E-state index is 11.2. The van der Waals surface area contributed by atoms with E-state index in [0.29, 0.717) is 0 Å². The highest BCUT2D eigenvalue weighted by atomic mass is 16.6. The third kappa shape index (κ3) is 6.65. The molecule has 6 heteroatoms. The maximum Gasteiger partial charge on any atom is 0.408 e. The molecule has 1 amide bonds. The summed E-state index contributed by atoms with van der Waals surface area (Å²) >= 11 is 0. The number of carbonyl (C=O) groups excluding carboxylic acids is 2. The van der Waals surface area contributed by atoms with Gasteiger partial charge < -0.3 is 14.8 Å². The van der Waals surface area contributed by atoms with E-state index < -0.39 is 23.7 Å². The van der Waals surface area contributed by atoms with Gasteiger partial charge in [-0.05, 0) is 27.7 Å². The fourth-order valence-corrected chi connectivity index (χ4v) is 0.772. The van der Waals surface area contributed by atoms with Crippen LogP contribution in [0.4, 0.5) is 4.79 Å². The monoisotopic (exact) mass is 228 g/mol. The number of carbonyl (C=O) groups is 2. The van der Waals surface area contributed by atoms with Crippen molar-refractivity contribution in [2.75, 3.05) is 6.61 Å². The normalized spacial score (nSPS) is 12.2. The Bertz CT molecular complexity index is 301. The number of amides is 1. The van der Waals surface area contributed by atoms with Gasteiger partial charge in [-0.2, -0.15) is 5.26 Å². The van der Waals surface area contributed by atoms with E-state index in [1.807, 2.05) is 0 Å². The third-order valence-corrected chi connectivity index (χ3v) is 1.37. The number of nitrogens with one attached hydrogen (secondary N) is 1. The number of alkyl carbamates (subject to hydrolysis) is 1. The second kappa shape index (κ2) is 5.95. The van der Waals surface area contributed by atoms with Gasteiger partial charge in [0.2, 0.25) is 0 Å². The van der Waals surface area contributed by atoms with Crippen molar-refractivity contribution in [3.63, 3.8) is 0 Å². The molecular formula is C10H16N2O4. The molecule has 1 N–H and O–H groups in total. The molecule has 0 aliphatic carbocycles. The predicted molar refractivity (Wildman–Crippen MR) is 55.4 cm³/mol. The molecule has 0 radical (unpaired) electrons. The molecule has 0 heterocycles. The average molecular weight is 228 g/mol. The van der Waals surface area contributed by atoms with Crippen LogP contribution in [-0.4, -0.2) is 30.3 Å². The number of rotatable bonds is 3. The molecule has 0 saturated carbocycles. The molecule has 1 unspecified atom stereocenters. The Kier molecular flexibility index (Phi) is 5.30. The molecule has 0 fully saturated rings. The lowest BCUT2D eigenvalue weighted by molar-refractivity contribution is -0.144. The number of hydrogen-bond acceptors (Lipinski definition) is 5. The minimum atomic E-state index is -0.844. The first kappa shape index (κ1) is 14.2. The number of nitrogens with zero attached hydrogens (tertiary/aromatic N) is 1. The Morgan fingerprint density at radius 1 is 1.44 bits per heavy atom. The van der Waals surface area contributed by atoms with Gasteiger partial charge in [-0.1, -0.05) is 0 Å². The smallest absolute Gasteiger partial charge is 0.408 e. The zero-order valence-electron chi connectivity index (χ0n) is 9.86. The van der Waals surface area contributed by atoms with Gasteiger partial charge in [0.25, 0.3) is 0 Å². The summed E-state index contributed by atoms with van der Waals surface area (Å²) in [4.78, 5) is 22.4. The highest BCUT2D eigenvalue weighted by Gasteiger charge is 2.21. The lowest BCUT2D eigenvalue weighted by atomic mass is 10.2. The summed E-state index contributed by atoms with van der Waals surface area (Å²) in [5, 5.41) is 10.5. The zero-order chi connectivity index (χ0) is 12.8. The molecule has 16 heavy (non-hydrogen) atoms. The molecule has 0 saturated heterocycles. The number of hydrogen-bond donors (Lipinski definition) is 1. The molecular weight excluding hydrogens is 212 g/mol. The average Bonchev–Trinajstić information content (AvgIpc) is 2.10. The lowest BCUT2D eigenvalue weighted by Gasteiger charge is -2.21. The van der Waals surface area contributed by atoms with Gasteiger partial charge in [0, 0.05) is 0 Å². The molecule has 0 bridgehead atoms. The van der Waals surface area contributed by atoms with Crippen LogP contribution < -0.4 is 5.32 Å². The van der Waals surface area contributed by atoms with E-state index in [1.54, 1.807) is 26.8 Å². The first-order valence-electron chi connectivity index (χ1n) is 4.79. The number of ether oxygens (including phenoxy) is 2. The van der Waals surface area contributed by atoms with Crippen molar-refractivity contribution in [3.05, 3.63) is 0 Å². The van der Waals surface area contributed by atoms with Crippen LogP contribution in [0.2, 0.25) is 0 Å².